The monoisotopic (exact) mass is 604 g/mol. The van der Waals surface area contributed by atoms with Crippen LogP contribution < -0.4 is 0 Å². The molecule has 0 aromatic heterocycles. The standard InChI is InChI=1S/C30H53BrO7/c1-25(2,33)21-13-17-28(6,36-21)20(32)12-15-27(5,34)22-9-10-23-29(7,37-22)18-14-24(35-23)30(8)16-11-19(31)26(3,4)38-30/h19-24,32-34H,9-18H2,1-8H3/t19-,20-,21-,22-,23-,24-,27-,28+,29+,30+/m1/s1. The van der Waals surface area contributed by atoms with Crippen LogP contribution >= 0.6 is 15.9 Å². The highest BCUT2D eigenvalue weighted by Gasteiger charge is 2.55. The minimum atomic E-state index is -1.08. The maximum Gasteiger partial charge on any atom is 0.0923 e. The molecule has 0 aliphatic carbocycles. The molecular formula is C30H53BrO7. The summed E-state index contributed by atoms with van der Waals surface area (Å²) in [6.45, 7) is 15.8. The molecular weight excluding hydrogens is 552 g/mol. The van der Waals surface area contributed by atoms with Crippen molar-refractivity contribution in [2.75, 3.05) is 0 Å². The highest BCUT2D eigenvalue weighted by atomic mass is 79.9. The second-order valence-corrected chi connectivity index (χ2v) is 15.8. The molecule has 0 saturated carbocycles. The van der Waals surface area contributed by atoms with E-state index in [0.29, 0.717) is 36.9 Å². The molecule has 4 aliphatic rings. The Morgan fingerprint density at radius 1 is 0.816 bits per heavy atom. The van der Waals surface area contributed by atoms with Gasteiger partial charge in [0.1, 0.15) is 0 Å². The Morgan fingerprint density at radius 3 is 2.05 bits per heavy atom. The third-order valence-electron chi connectivity index (χ3n) is 10.3. The Bertz CT molecular complexity index is 843. The molecule has 0 unspecified atom stereocenters. The van der Waals surface area contributed by atoms with Crippen LogP contribution in [0.4, 0.5) is 0 Å². The van der Waals surface area contributed by atoms with E-state index in [0.717, 1.165) is 32.1 Å². The summed E-state index contributed by atoms with van der Waals surface area (Å²) in [6, 6.07) is 0. The van der Waals surface area contributed by atoms with Gasteiger partial charge in [-0.15, -0.1) is 0 Å². The van der Waals surface area contributed by atoms with Gasteiger partial charge >= 0.3 is 0 Å². The van der Waals surface area contributed by atoms with Crippen molar-refractivity contribution in [2.45, 2.75) is 189 Å². The second-order valence-electron chi connectivity index (χ2n) is 14.7. The first-order valence-corrected chi connectivity index (χ1v) is 15.7. The Balaban J connectivity index is 1.33. The molecule has 4 rings (SSSR count). The number of aliphatic hydroxyl groups excluding tert-OH is 1. The highest BCUT2D eigenvalue weighted by Crippen LogP contribution is 2.49. The molecule has 0 spiro atoms. The van der Waals surface area contributed by atoms with Gasteiger partial charge in [-0.05, 0) is 120 Å². The van der Waals surface area contributed by atoms with Gasteiger partial charge in [0.15, 0.2) is 0 Å². The fourth-order valence-electron chi connectivity index (χ4n) is 7.27. The van der Waals surface area contributed by atoms with Gasteiger partial charge in [-0.1, -0.05) is 15.9 Å². The number of ether oxygens (including phenoxy) is 4. The number of alkyl halides is 1. The average Bonchev–Trinajstić information content (AvgIpc) is 3.23. The number of hydrogen-bond donors (Lipinski definition) is 3. The average molecular weight is 606 g/mol. The first-order valence-electron chi connectivity index (χ1n) is 14.8. The van der Waals surface area contributed by atoms with E-state index in [2.05, 4.69) is 43.6 Å². The molecule has 4 saturated heterocycles. The largest absolute Gasteiger partial charge is 0.390 e. The van der Waals surface area contributed by atoms with E-state index in [1.165, 1.54) is 0 Å². The SMILES string of the molecule is CC(C)(O)[C@H]1CC[C@@](C)([C@H](O)CC[C@@](C)(O)[C@H]2CC[C@H]3O[C@@H]([C@]4(C)CC[C@@H](Br)C(C)(C)O4)CC[C@]3(C)O2)O1. The van der Waals surface area contributed by atoms with Crippen molar-refractivity contribution in [3.8, 4) is 0 Å². The van der Waals surface area contributed by atoms with Crippen LogP contribution in [0, 0.1) is 0 Å². The predicted octanol–water partition coefficient (Wildman–Crippen LogP) is 5.18. The lowest BCUT2D eigenvalue weighted by Crippen LogP contribution is -2.63. The van der Waals surface area contributed by atoms with Crippen LogP contribution in [0.3, 0.4) is 0 Å². The lowest BCUT2D eigenvalue weighted by atomic mass is 9.75. The molecule has 0 radical (unpaired) electrons. The number of fused-ring (bicyclic) bond motifs is 1. The van der Waals surface area contributed by atoms with Crippen molar-refractivity contribution < 1.29 is 34.3 Å². The van der Waals surface area contributed by atoms with E-state index in [4.69, 9.17) is 18.9 Å². The van der Waals surface area contributed by atoms with Crippen molar-refractivity contribution in [1.82, 2.24) is 0 Å². The number of halogens is 1. The summed E-state index contributed by atoms with van der Waals surface area (Å²) in [5.74, 6) is 0. The van der Waals surface area contributed by atoms with Crippen LogP contribution in [-0.4, -0.2) is 84.3 Å². The molecule has 0 amide bonds. The van der Waals surface area contributed by atoms with Crippen LogP contribution in [0.2, 0.25) is 0 Å². The third-order valence-corrected chi connectivity index (χ3v) is 11.8. The van der Waals surface area contributed by atoms with E-state index >= 15 is 0 Å². The number of hydrogen-bond acceptors (Lipinski definition) is 7. The summed E-state index contributed by atoms with van der Waals surface area (Å²) in [4.78, 5) is 0.335. The maximum atomic E-state index is 11.5. The van der Waals surface area contributed by atoms with E-state index in [9.17, 15) is 15.3 Å². The van der Waals surface area contributed by atoms with Crippen molar-refractivity contribution in [2.24, 2.45) is 0 Å². The molecule has 4 fully saturated rings. The maximum absolute atomic E-state index is 11.5. The molecule has 8 heteroatoms. The molecule has 0 aromatic carbocycles. The minimum absolute atomic E-state index is 0.0236. The molecule has 10 atom stereocenters. The summed E-state index contributed by atoms with van der Waals surface area (Å²) < 4.78 is 26.1. The van der Waals surface area contributed by atoms with Crippen molar-refractivity contribution >= 4 is 15.9 Å². The van der Waals surface area contributed by atoms with E-state index in [1.807, 2.05) is 13.8 Å². The predicted molar refractivity (Wildman–Crippen MR) is 151 cm³/mol. The van der Waals surface area contributed by atoms with Gasteiger partial charge in [0.2, 0.25) is 0 Å². The molecule has 222 valence electrons. The lowest BCUT2D eigenvalue weighted by molar-refractivity contribution is -0.301. The van der Waals surface area contributed by atoms with Crippen LogP contribution in [0.15, 0.2) is 0 Å². The summed E-state index contributed by atoms with van der Waals surface area (Å²) in [5.41, 5.74) is -3.78. The van der Waals surface area contributed by atoms with Gasteiger partial charge in [0.05, 0.1) is 64.1 Å². The molecule has 3 N–H and O–H groups in total. The quantitative estimate of drug-likeness (QED) is 0.344. The zero-order chi connectivity index (χ0) is 28.4. The highest BCUT2D eigenvalue weighted by molar-refractivity contribution is 9.09. The zero-order valence-electron chi connectivity index (χ0n) is 24.9. The van der Waals surface area contributed by atoms with Gasteiger partial charge in [0, 0.05) is 4.83 Å². The molecule has 4 aliphatic heterocycles. The number of aliphatic hydroxyl groups is 3. The fourth-order valence-corrected chi connectivity index (χ4v) is 7.60. The van der Waals surface area contributed by atoms with E-state index in [1.54, 1.807) is 13.8 Å². The van der Waals surface area contributed by atoms with E-state index in [-0.39, 0.29) is 35.6 Å². The first-order chi connectivity index (χ1) is 17.3. The molecule has 4 heterocycles. The zero-order valence-corrected chi connectivity index (χ0v) is 26.5. The third kappa shape index (κ3) is 6.18. The Hall–Kier alpha value is 0.200. The van der Waals surface area contributed by atoms with Crippen molar-refractivity contribution in [1.29, 1.82) is 0 Å². The second kappa shape index (κ2) is 10.5. The Labute approximate surface area is 238 Å². The smallest absolute Gasteiger partial charge is 0.0923 e. The van der Waals surface area contributed by atoms with Crippen LogP contribution in [0.25, 0.3) is 0 Å². The minimum Gasteiger partial charge on any atom is -0.390 e. The van der Waals surface area contributed by atoms with Gasteiger partial charge in [-0.2, -0.15) is 0 Å². The lowest BCUT2D eigenvalue weighted by Gasteiger charge is -2.56. The van der Waals surface area contributed by atoms with Gasteiger partial charge < -0.3 is 34.3 Å². The van der Waals surface area contributed by atoms with E-state index < -0.39 is 28.5 Å². The molecule has 0 aromatic rings. The number of rotatable bonds is 7. The topological polar surface area (TPSA) is 97.6 Å². The summed E-state index contributed by atoms with van der Waals surface area (Å²) in [6.07, 6.45) is 6.09. The van der Waals surface area contributed by atoms with Gasteiger partial charge in [-0.3, -0.25) is 0 Å². The first kappa shape index (κ1) is 31.1. The van der Waals surface area contributed by atoms with Crippen LogP contribution in [0.5, 0.6) is 0 Å². The van der Waals surface area contributed by atoms with Crippen molar-refractivity contribution in [3.05, 3.63) is 0 Å². The summed E-state index contributed by atoms with van der Waals surface area (Å²) in [5, 5.41) is 32.9. The molecule has 0 bridgehead atoms. The molecule has 7 nitrogen and oxygen atoms in total. The Kier molecular flexibility index (Phi) is 8.59. The fraction of sp³-hybridized carbons (Fsp3) is 1.00. The normalized spacial score (nSPS) is 46.3. The van der Waals surface area contributed by atoms with Gasteiger partial charge in [-0.25, -0.2) is 0 Å². The molecule has 38 heavy (non-hydrogen) atoms. The summed E-state index contributed by atoms with van der Waals surface area (Å²) in [7, 11) is 0. The Morgan fingerprint density at radius 2 is 1.45 bits per heavy atom. The van der Waals surface area contributed by atoms with Gasteiger partial charge in [0.25, 0.3) is 0 Å². The van der Waals surface area contributed by atoms with Crippen LogP contribution in [-0.2, 0) is 18.9 Å². The summed E-state index contributed by atoms with van der Waals surface area (Å²) >= 11 is 3.79. The van der Waals surface area contributed by atoms with Crippen molar-refractivity contribution in [3.63, 3.8) is 0 Å². The van der Waals surface area contributed by atoms with Crippen LogP contribution in [0.1, 0.15) is 120 Å².